The van der Waals surface area contributed by atoms with Crippen molar-refractivity contribution in [3.05, 3.63) is 77.9 Å². The number of anilines is 2. The molecule has 35 heavy (non-hydrogen) atoms. The Morgan fingerprint density at radius 3 is 2.49 bits per heavy atom. The lowest BCUT2D eigenvalue weighted by atomic mass is 10.2. The minimum Gasteiger partial charge on any atom is -0.497 e. The molecule has 0 spiro atoms. The maximum Gasteiger partial charge on any atom is 0.338 e. The molecule has 1 aromatic heterocycles. The molecule has 3 aromatic carbocycles. The van der Waals surface area contributed by atoms with Gasteiger partial charge in [0, 0.05) is 0 Å². The van der Waals surface area contributed by atoms with Crippen LogP contribution in [0.3, 0.4) is 0 Å². The second kappa shape index (κ2) is 10.1. The molecule has 11 heteroatoms. The average Bonchev–Trinajstić information content (AvgIpc) is 3.25. The Bertz CT molecular complexity index is 1500. The summed E-state index contributed by atoms with van der Waals surface area (Å²) in [4.78, 5) is 29.4. The van der Waals surface area contributed by atoms with E-state index in [1.165, 1.54) is 54.8 Å². The zero-order chi connectivity index (χ0) is 25.0. The second-order valence-corrected chi connectivity index (χ2v) is 9.92. The molecule has 4 rings (SSSR count). The third kappa shape index (κ3) is 5.42. The number of para-hydroxylation sites is 1. The minimum absolute atomic E-state index is 0.0251. The Hall–Kier alpha value is -3.96. The van der Waals surface area contributed by atoms with Gasteiger partial charge in [0.15, 0.2) is 5.13 Å². The predicted octanol–water partition coefficient (Wildman–Crippen LogP) is 4.53. The fourth-order valence-corrected chi connectivity index (χ4v) is 5.19. The number of sulfonamides is 1. The molecule has 0 aliphatic heterocycles. The molecule has 0 bridgehead atoms. The average molecular weight is 512 g/mol. The normalized spacial score (nSPS) is 11.1. The number of thiazole rings is 1. The Balaban J connectivity index is 1.55. The van der Waals surface area contributed by atoms with Crippen LogP contribution in [0.5, 0.6) is 5.75 Å². The van der Waals surface area contributed by atoms with Gasteiger partial charge in [0.05, 0.1) is 45.6 Å². The number of hydrogen-bond donors (Lipinski definition) is 2. The molecular weight excluding hydrogens is 490 g/mol. The van der Waals surface area contributed by atoms with Crippen molar-refractivity contribution in [2.24, 2.45) is 0 Å². The molecule has 0 saturated carbocycles. The topological polar surface area (TPSA) is 124 Å². The highest BCUT2D eigenvalue weighted by Gasteiger charge is 2.20. The van der Waals surface area contributed by atoms with Crippen molar-refractivity contribution in [1.82, 2.24) is 4.98 Å². The van der Waals surface area contributed by atoms with Crippen molar-refractivity contribution in [3.8, 4) is 5.75 Å². The van der Waals surface area contributed by atoms with E-state index in [2.05, 4.69) is 15.0 Å². The van der Waals surface area contributed by atoms with Gasteiger partial charge in [0.1, 0.15) is 5.75 Å². The smallest absolute Gasteiger partial charge is 0.338 e. The monoisotopic (exact) mass is 511 g/mol. The summed E-state index contributed by atoms with van der Waals surface area (Å²) in [7, 11) is -2.46. The molecule has 1 amide bonds. The molecule has 2 N–H and O–H groups in total. The highest BCUT2D eigenvalue weighted by atomic mass is 32.2. The number of methoxy groups -OCH3 is 1. The van der Waals surface area contributed by atoms with Gasteiger partial charge in [0.25, 0.3) is 15.9 Å². The third-order valence-corrected chi connectivity index (χ3v) is 7.22. The summed E-state index contributed by atoms with van der Waals surface area (Å²) in [5, 5.41) is 3.01. The van der Waals surface area contributed by atoms with Gasteiger partial charge in [0.2, 0.25) is 0 Å². The summed E-state index contributed by atoms with van der Waals surface area (Å²) >= 11 is 1.19. The van der Waals surface area contributed by atoms with Gasteiger partial charge in [-0.15, -0.1) is 0 Å². The zero-order valence-electron chi connectivity index (χ0n) is 18.8. The maximum atomic E-state index is 13.0. The van der Waals surface area contributed by atoms with Crippen LogP contribution < -0.4 is 14.8 Å². The van der Waals surface area contributed by atoms with Crippen LogP contribution in [0.25, 0.3) is 10.2 Å². The summed E-state index contributed by atoms with van der Waals surface area (Å²) in [6.07, 6.45) is 0. The largest absolute Gasteiger partial charge is 0.497 e. The van der Waals surface area contributed by atoms with Gasteiger partial charge in [-0.25, -0.2) is 18.2 Å². The van der Waals surface area contributed by atoms with Gasteiger partial charge in [-0.2, -0.15) is 0 Å². The summed E-state index contributed by atoms with van der Waals surface area (Å²) in [5.41, 5.74) is 1.23. The van der Waals surface area contributed by atoms with E-state index in [9.17, 15) is 18.0 Å². The summed E-state index contributed by atoms with van der Waals surface area (Å²) in [5.74, 6) is -0.455. The standard InChI is InChI=1S/C24H21N3O6S2/c1-3-33-23(29)15-8-13-20-21(14-15)34-24(25-20)26-22(28)18-6-4-5-7-19(18)27-35(30,31)17-11-9-16(32-2)10-12-17/h4-14,27H,3H2,1-2H3,(H,25,26,28). The molecule has 0 atom stereocenters. The number of benzene rings is 3. The first-order valence-electron chi connectivity index (χ1n) is 10.5. The van der Waals surface area contributed by atoms with Crippen LogP contribution in [-0.2, 0) is 14.8 Å². The quantitative estimate of drug-likeness (QED) is 0.333. The number of aromatic nitrogens is 1. The number of ether oxygens (including phenoxy) is 2. The lowest BCUT2D eigenvalue weighted by Gasteiger charge is -2.12. The van der Waals surface area contributed by atoms with Crippen LogP contribution in [0.15, 0.2) is 71.6 Å². The fourth-order valence-electron chi connectivity index (χ4n) is 3.21. The second-order valence-electron chi connectivity index (χ2n) is 7.20. The minimum atomic E-state index is -3.95. The molecule has 0 unspecified atom stereocenters. The molecule has 0 aliphatic rings. The molecule has 0 fully saturated rings. The first-order valence-corrected chi connectivity index (χ1v) is 12.8. The SMILES string of the molecule is CCOC(=O)c1ccc2nc(NC(=O)c3ccccc3NS(=O)(=O)c3ccc(OC)cc3)sc2c1. The number of esters is 1. The van der Waals surface area contributed by atoms with Crippen LogP contribution in [0, 0.1) is 0 Å². The number of nitrogens with one attached hydrogen (secondary N) is 2. The van der Waals surface area contributed by atoms with Crippen LogP contribution in [-0.4, -0.2) is 39.0 Å². The maximum absolute atomic E-state index is 13.0. The van der Waals surface area contributed by atoms with Crippen LogP contribution in [0.4, 0.5) is 10.8 Å². The Morgan fingerprint density at radius 1 is 1.03 bits per heavy atom. The van der Waals surface area contributed by atoms with E-state index in [1.807, 2.05) is 0 Å². The fraction of sp³-hybridized carbons (Fsp3) is 0.125. The van der Waals surface area contributed by atoms with E-state index < -0.39 is 21.9 Å². The highest BCUT2D eigenvalue weighted by Crippen LogP contribution is 2.29. The first-order chi connectivity index (χ1) is 16.8. The van der Waals surface area contributed by atoms with E-state index in [0.29, 0.717) is 26.7 Å². The van der Waals surface area contributed by atoms with Crippen molar-refractivity contribution < 1.29 is 27.5 Å². The summed E-state index contributed by atoms with van der Waals surface area (Å²) in [6, 6.07) is 17.1. The number of carbonyl (C=O) groups excluding carboxylic acids is 2. The predicted molar refractivity (Wildman–Crippen MR) is 134 cm³/mol. The van der Waals surface area contributed by atoms with Gasteiger partial charge in [-0.05, 0) is 61.5 Å². The van der Waals surface area contributed by atoms with Crippen LogP contribution in [0.2, 0.25) is 0 Å². The zero-order valence-corrected chi connectivity index (χ0v) is 20.4. The lowest BCUT2D eigenvalue weighted by Crippen LogP contribution is -2.18. The molecule has 180 valence electrons. The Kier molecular flexibility index (Phi) is 6.99. The first kappa shape index (κ1) is 24.2. The number of amides is 1. The van der Waals surface area contributed by atoms with Crippen molar-refractivity contribution in [2.75, 3.05) is 23.8 Å². The van der Waals surface area contributed by atoms with Gasteiger partial charge in [-0.3, -0.25) is 14.8 Å². The number of fused-ring (bicyclic) bond motifs is 1. The van der Waals surface area contributed by atoms with Crippen molar-refractivity contribution in [2.45, 2.75) is 11.8 Å². The van der Waals surface area contributed by atoms with Gasteiger partial charge in [-0.1, -0.05) is 23.5 Å². The summed E-state index contributed by atoms with van der Waals surface area (Å²) < 4.78 is 38.9. The molecule has 0 aliphatic carbocycles. The Morgan fingerprint density at radius 2 is 1.77 bits per heavy atom. The van der Waals surface area contributed by atoms with Crippen LogP contribution in [0.1, 0.15) is 27.6 Å². The molecule has 4 aromatic rings. The molecule has 9 nitrogen and oxygen atoms in total. The number of nitrogens with zero attached hydrogens (tertiary/aromatic N) is 1. The number of hydrogen-bond acceptors (Lipinski definition) is 8. The summed E-state index contributed by atoms with van der Waals surface area (Å²) in [6.45, 7) is 1.99. The van der Waals surface area contributed by atoms with Crippen molar-refractivity contribution >= 4 is 54.3 Å². The lowest BCUT2D eigenvalue weighted by molar-refractivity contribution is 0.0526. The van der Waals surface area contributed by atoms with E-state index in [0.717, 1.165) is 0 Å². The van der Waals surface area contributed by atoms with Crippen molar-refractivity contribution in [1.29, 1.82) is 0 Å². The van der Waals surface area contributed by atoms with Gasteiger partial charge >= 0.3 is 5.97 Å². The number of carbonyl (C=O) groups is 2. The highest BCUT2D eigenvalue weighted by molar-refractivity contribution is 7.92. The van der Waals surface area contributed by atoms with Gasteiger partial charge < -0.3 is 9.47 Å². The molecular formula is C24H21N3O6S2. The van der Waals surface area contributed by atoms with Crippen molar-refractivity contribution in [3.63, 3.8) is 0 Å². The molecule has 1 heterocycles. The van der Waals surface area contributed by atoms with E-state index in [4.69, 9.17) is 9.47 Å². The van der Waals surface area contributed by atoms with Crippen LogP contribution >= 0.6 is 11.3 Å². The van der Waals surface area contributed by atoms with E-state index >= 15 is 0 Å². The van der Waals surface area contributed by atoms with E-state index in [1.54, 1.807) is 37.3 Å². The molecule has 0 radical (unpaired) electrons. The Labute approximate surface area is 205 Å². The molecule has 0 saturated heterocycles. The number of rotatable bonds is 8. The van der Waals surface area contributed by atoms with E-state index in [-0.39, 0.29) is 22.8 Å². The third-order valence-electron chi connectivity index (χ3n) is 4.91.